The first-order valence-corrected chi connectivity index (χ1v) is 28.8. The molecule has 4 N–H and O–H groups in total. The van der Waals surface area contributed by atoms with E-state index < -0.39 is 41.9 Å². The van der Waals surface area contributed by atoms with Crippen LogP contribution in [0.4, 0.5) is 0 Å². The zero-order chi connectivity index (χ0) is 55.0. The largest absolute Gasteiger partial charge is 0.448 e. The SMILES string of the molecule is CCCCOCC1[C@@H](OCCCC)C[C@H](OCCCC)CN1CCOCC(=O)NCCSSCCNC(=O)CCNC(=O)[C@H](OC(=O)c1ccccc1OC(=O)c1ccccc1OC(=O)c1cccnc1)C(C)(C)CO. The number of ether oxygens (including phenoxy) is 7. The van der Waals surface area contributed by atoms with E-state index in [1.165, 1.54) is 68.7 Å². The molecule has 2 aromatic carbocycles. The number of hydrogen-bond acceptors (Lipinski definition) is 18. The topological polar surface area (TPSA) is 239 Å². The van der Waals surface area contributed by atoms with Crippen LogP contribution in [0.25, 0.3) is 0 Å². The summed E-state index contributed by atoms with van der Waals surface area (Å²) >= 11 is 0. The van der Waals surface area contributed by atoms with Crippen LogP contribution in [-0.4, -0.2) is 165 Å². The Kier molecular flexibility index (Phi) is 30.1. The Morgan fingerprint density at radius 3 is 1.99 bits per heavy atom. The van der Waals surface area contributed by atoms with Crippen LogP contribution in [0.2, 0.25) is 0 Å². The van der Waals surface area contributed by atoms with Crippen molar-refractivity contribution in [2.45, 2.75) is 110 Å². The maximum atomic E-state index is 13.6. The molecule has 0 saturated carbocycles. The third kappa shape index (κ3) is 22.8. The van der Waals surface area contributed by atoms with Crippen molar-refractivity contribution >= 4 is 57.2 Å². The standard InChI is InChI=1S/C55H79N5O14S2/c1-6-9-28-68-37-44-47(71-30-11-8-3)34-41(70-29-10-7-2)36-60(44)27-31-69-38-49(63)58-26-33-76-75-32-25-57-48(62)22-24-59-51(64)50(55(4,5)39-61)74-54(67)43-19-13-15-21-46(43)73-53(66)42-18-12-14-20-45(42)72-52(65)40-17-16-23-56-35-40/h12-21,23,35,41,44,47,50,61H,6-11,22,24-34,36-39H2,1-5H3,(H,57,62)(H,58,63)(H,59,64)/t41-,44?,47-,50-/m0/s1. The minimum atomic E-state index is -1.51. The Morgan fingerprint density at radius 2 is 1.34 bits per heavy atom. The molecule has 2 heterocycles. The lowest BCUT2D eigenvalue weighted by Gasteiger charge is -2.44. The molecule has 0 spiro atoms. The molecule has 1 fully saturated rings. The summed E-state index contributed by atoms with van der Waals surface area (Å²) in [6, 6.07) is 14.8. The van der Waals surface area contributed by atoms with Crippen LogP contribution in [0.1, 0.15) is 117 Å². The smallest absolute Gasteiger partial charge is 0.347 e. The number of nitrogens with zero attached hydrogens (tertiary/aromatic N) is 2. The second-order valence-corrected chi connectivity index (χ2v) is 21.4. The number of benzene rings is 2. The van der Waals surface area contributed by atoms with Crippen LogP contribution in [-0.2, 0) is 38.1 Å². The van der Waals surface area contributed by atoms with Crippen molar-refractivity contribution in [3.63, 3.8) is 0 Å². The van der Waals surface area contributed by atoms with Crippen molar-refractivity contribution in [2.24, 2.45) is 5.41 Å². The highest BCUT2D eigenvalue weighted by molar-refractivity contribution is 8.76. The molecule has 4 atom stereocenters. The monoisotopic (exact) mass is 1100 g/mol. The Hall–Kier alpha value is -5.13. The molecule has 1 saturated heterocycles. The maximum absolute atomic E-state index is 13.6. The number of nitrogens with one attached hydrogen (secondary N) is 3. The Labute approximate surface area is 455 Å². The number of aromatic nitrogens is 1. The predicted molar refractivity (Wildman–Crippen MR) is 291 cm³/mol. The quantitative estimate of drug-likeness (QED) is 0.0210. The summed E-state index contributed by atoms with van der Waals surface area (Å²) in [7, 11) is 3.11. The van der Waals surface area contributed by atoms with Crippen LogP contribution in [0.3, 0.4) is 0 Å². The molecule has 19 nitrogen and oxygen atoms in total. The highest BCUT2D eigenvalue weighted by Crippen LogP contribution is 2.29. The summed E-state index contributed by atoms with van der Waals surface area (Å²) in [6.45, 7) is 14.2. The van der Waals surface area contributed by atoms with E-state index in [1.807, 2.05) is 0 Å². The first kappa shape index (κ1) is 63.4. The van der Waals surface area contributed by atoms with E-state index in [2.05, 4.69) is 46.6 Å². The van der Waals surface area contributed by atoms with Gasteiger partial charge in [0.15, 0.2) is 6.10 Å². The third-order valence-electron chi connectivity index (χ3n) is 12.0. The summed E-state index contributed by atoms with van der Waals surface area (Å²) in [4.78, 5) is 84.7. The fraction of sp³-hybridized carbons (Fsp3) is 0.582. The van der Waals surface area contributed by atoms with Crippen LogP contribution in [0.5, 0.6) is 11.5 Å². The fourth-order valence-corrected chi connectivity index (χ4v) is 9.46. The number of esters is 3. The van der Waals surface area contributed by atoms with Crippen LogP contribution in [0, 0.1) is 5.41 Å². The minimum absolute atomic E-state index is 0.00274. The Bertz CT molecular complexity index is 2230. The van der Waals surface area contributed by atoms with Gasteiger partial charge in [0.1, 0.15) is 29.2 Å². The van der Waals surface area contributed by atoms with E-state index in [0.29, 0.717) is 57.6 Å². The van der Waals surface area contributed by atoms with Gasteiger partial charge >= 0.3 is 17.9 Å². The van der Waals surface area contributed by atoms with Gasteiger partial charge in [0.25, 0.3) is 5.91 Å². The van der Waals surface area contributed by atoms with E-state index in [-0.39, 0.29) is 77.8 Å². The van der Waals surface area contributed by atoms with Gasteiger partial charge in [-0.1, -0.05) is 99.7 Å². The molecule has 21 heteroatoms. The number of para-hydroxylation sites is 2. The number of unbranched alkanes of at least 4 members (excludes halogenated alkanes) is 3. The number of aliphatic hydroxyl groups excluding tert-OH is 1. The van der Waals surface area contributed by atoms with Gasteiger partial charge in [0.2, 0.25) is 11.8 Å². The summed E-state index contributed by atoms with van der Waals surface area (Å²) in [5.41, 5.74) is -1.40. The van der Waals surface area contributed by atoms with E-state index >= 15 is 0 Å². The highest BCUT2D eigenvalue weighted by atomic mass is 33.1. The fourth-order valence-electron chi connectivity index (χ4n) is 7.64. The number of amides is 3. The normalized spacial score (nSPS) is 16.1. The number of aliphatic hydroxyl groups is 1. The number of carbonyl (C=O) groups is 6. The molecule has 0 radical (unpaired) electrons. The summed E-state index contributed by atoms with van der Waals surface area (Å²) in [5, 5.41) is 18.5. The predicted octanol–water partition coefficient (Wildman–Crippen LogP) is 6.46. The van der Waals surface area contributed by atoms with Gasteiger partial charge < -0.3 is 54.2 Å². The maximum Gasteiger partial charge on any atom is 0.347 e. The second-order valence-electron chi connectivity index (χ2n) is 18.7. The molecule has 1 unspecified atom stereocenters. The molecule has 3 aromatic rings. The van der Waals surface area contributed by atoms with Gasteiger partial charge in [-0.15, -0.1) is 0 Å². The van der Waals surface area contributed by atoms with Gasteiger partial charge in [0.05, 0.1) is 43.6 Å². The van der Waals surface area contributed by atoms with Gasteiger partial charge in [-0.2, -0.15) is 0 Å². The van der Waals surface area contributed by atoms with Gasteiger partial charge in [-0.05, 0) is 55.7 Å². The third-order valence-corrected chi connectivity index (χ3v) is 14.5. The second kappa shape index (κ2) is 36.1. The Balaban J connectivity index is 1.13. The van der Waals surface area contributed by atoms with Gasteiger partial charge in [-0.25, -0.2) is 14.4 Å². The van der Waals surface area contributed by atoms with Crippen molar-refractivity contribution in [2.75, 3.05) is 90.5 Å². The molecule has 1 aromatic heterocycles. The zero-order valence-corrected chi connectivity index (χ0v) is 46.4. The summed E-state index contributed by atoms with van der Waals surface area (Å²) in [5.74, 6) is -3.01. The van der Waals surface area contributed by atoms with Crippen LogP contribution in [0.15, 0.2) is 73.1 Å². The number of carbonyl (C=O) groups excluding carboxylic acids is 6. The van der Waals surface area contributed by atoms with Gasteiger partial charge in [-0.3, -0.25) is 24.3 Å². The van der Waals surface area contributed by atoms with Gasteiger partial charge in [0, 0.05) is 94.7 Å². The molecule has 0 aliphatic carbocycles. The van der Waals surface area contributed by atoms with E-state index in [4.69, 9.17) is 33.2 Å². The first-order chi connectivity index (χ1) is 36.8. The number of rotatable bonds is 37. The molecule has 0 bridgehead atoms. The molecule has 3 amide bonds. The lowest BCUT2D eigenvalue weighted by Crippen LogP contribution is -2.57. The lowest BCUT2D eigenvalue weighted by molar-refractivity contribution is -0.138. The highest BCUT2D eigenvalue weighted by Gasteiger charge is 2.40. The molecule has 420 valence electrons. The van der Waals surface area contributed by atoms with Crippen LogP contribution < -0.4 is 25.4 Å². The van der Waals surface area contributed by atoms with E-state index in [1.54, 1.807) is 39.8 Å². The molecule has 76 heavy (non-hydrogen) atoms. The number of likely N-dealkylation sites (tertiary alicyclic amines) is 1. The molecular formula is C55H79N5O14S2. The zero-order valence-electron chi connectivity index (χ0n) is 44.8. The van der Waals surface area contributed by atoms with Crippen molar-refractivity contribution in [3.05, 3.63) is 89.7 Å². The molecule has 4 rings (SSSR count). The molecule has 1 aliphatic rings. The van der Waals surface area contributed by atoms with Crippen LogP contribution >= 0.6 is 21.6 Å². The van der Waals surface area contributed by atoms with Crippen molar-refractivity contribution < 1.29 is 67.0 Å². The number of hydrogen-bond donors (Lipinski definition) is 4. The number of piperidine rings is 1. The van der Waals surface area contributed by atoms with E-state index in [9.17, 15) is 33.9 Å². The average Bonchev–Trinajstić information content (AvgIpc) is 3.42. The first-order valence-electron chi connectivity index (χ1n) is 26.3. The lowest BCUT2D eigenvalue weighted by atomic mass is 9.86. The molecule has 1 aliphatic heterocycles. The average molecular weight is 1100 g/mol. The van der Waals surface area contributed by atoms with Crippen molar-refractivity contribution in [1.82, 2.24) is 25.8 Å². The van der Waals surface area contributed by atoms with Crippen molar-refractivity contribution in [3.8, 4) is 11.5 Å². The Morgan fingerprint density at radius 1 is 0.724 bits per heavy atom. The number of pyridine rings is 1. The van der Waals surface area contributed by atoms with E-state index in [0.717, 1.165) is 58.1 Å². The summed E-state index contributed by atoms with van der Waals surface area (Å²) in [6.07, 6.45) is 8.37. The van der Waals surface area contributed by atoms with Crippen molar-refractivity contribution in [1.29, 1.82) is 0 Å². The summed E-state index contributed by atoms with van der Waals surface area (Å²) < 4.78 is 41.3. The minimum Gasteiger partial charge on any atom is -0.448 e. The molecular weight excluding hydrogens is 1020 g/mol.